The van der Waals surface area contributed by atoms with E-state index in [1.165, 1.54) is 6.39 Å². The Bertz CT molecular complexity index is 857. The smallest absolute Gasteiger partial charge is 0.224 e. The number of carbonyl (C=O) groups is 1. The fourth-order valence-electron chi connectivity index (χ4n) is 2.45. The first-order valence-corrected chi connectivity index (χ1v) is 7.53. The highest BCUT2D eigenvalue weighted by molar-refractivity contribution is 5.92. The third kappa shape index (κ3) is 3.48. The molecule has 1 aromatic heterocycles. The quantitative estimate of drug-likeness (QED) is 0.751. The van der Waals surface area contributed by atoms with Crippen molar-refractivity contribution in [1.29, 1.82) is 0 Å². The molecule has 3 aromatic rings. The van der Waals surface area contributed by atoms with Gasteiger partial charge in [-0.05, 0) is 42.3 Å². The molecule has 0 spiro atoms. The van der Waals surface area contributed by atoms with Crippen molar-refractivity contribution >= 4 is 22.7 Å². The summed E-state index contributed by atoms with van der Waals surface area (Å²) >= 11 is 0. The van der Waals surface area contributed by atoms with Gasteiger partial charge in [0.2, 0.25) is 5.91 Å². The van der Waals surface area contributed by atoms with E-state index in [0.29, 0.717) is 41.1 Å². The van der Waals surface area contributed by atoms with Crippen LogP contribution in [0.5, 0.6) is 11.5 Å². The lowest BCUT2D eigenvalue weighted by atomic mass is 10.1. The van der Waals surface area contributed by atoms with Crippen molar-refractivity contribution in [3.63, 3.8) is 0 Å². The zero-order chi connectivity index (χ0) is 16.9. The Morgan fingerprint density at radius 3 is 2.75 bits per heavy atom. The van der Waals surface area contributed by atoms with Gasteiger partial charge in [0.25, 0.3) is 0 Å². The lowest BCUT2D eigenvalue weighted by molar-refractivity contribution is -0.116. The van der Waals surface area contributed by atoms with Crippen LogP contribution in [0.2, 0.25) is 0 Å². The van der Waals surface area contributed by atoms with Gasteiger partial charge in [-0.3, -0.25) is 4.79 Å². The fourth-order valence-corrected chi connectivity index (χ4v) is 2.45. The number of methoxy groups -OCH3 is 2. The SMILES string of the molecule is COc1ccc(CCC(=O)Nc2ccc3ocnc3c2)cc1OC. The molecule has 0 saturated carbocycles. The first-order chi connectivity index (χ1) is 11.7. The largest absolute Gasteiger partial charge is 0.493 e. The second kappa shape index (κ2) is 7.04. The van der Waals surface area contributed by atoms with Gasteiger partial charge in [-0.15, -0.1) is 0 Å². The van der Waals surface area contributed by atoms with E-state index in [1.807, 2.05) is 18.2 Å². The number of nitrogens with zero attached hydrogens (tertiary/aromatic N) is 1. The minimum Gasteiger partial charge on any atom is -0.493 e. The molecule has 0 saturated heterocycles. The molecule has 124 valence electrons. The lowest BCUT2D eigenvalue weighted by Gasteiger charge is -2.09. The number of aryl methyl sites for hydroxylation is 1. The highest BCUT2D eigenvalue weighted by Crippen LogP contribution is 2.28. The van der Waals surface area contributed by atoms with Crippen LogP contribution >= 0.6 is 0 Å². The van der Waals surface area contributed by atoms with Gasteiger partial charge < -0.3 is 19.2 Å². The van der Waals surface area contributed by atoms with E-state index in [-0.39, 0.29) is 5.91 Å². The summed E-state index contributed by atoms with van der Waals surface area (Å²) in [6.45, 7) is 0. The van der Waals surface area contributed by atoms with Crippen molar-refractivity contribution in [2.75, 3.05) is 19.5 Å². The van der Waals surface area contributed by atoms with Gasteiger partial charge in [-0.25, -0.2) is 4.98 Å². The molecule has 0 aliphatic rings. The van der Waals surface area contributed by atoms with Crippen LogP contribution in [-0.2, 0) is 11.2 Å². The first kappa shape index (κ1) is 15.9. The van der Waals surface area contributed by atoms with Crippen molar-refractivity contribution < 1.29 is 18.7 Å². The summed E-state index contributed by atoms with van der Waals surface area (Å²) in [7, 11) is 3.19. The number of oxazole rings is 1. The van der Waals surface area contributed by atoms with Crippen LogP contribution in [0, 0.1) is 0 Å². The van der Waals surface area contributed by atoms with Crippen molar-refractivity contribution in [2.24, 2.45) is 0 Å². The van der Waals surface area contributed by atoms with E-state index in [1.54, 1.807) is 32.4 Å². The topological polar surface area (TPSA) is 73.6 Å². The zero-order valence-corrected chi connectivity index (χ0v) is 13.5. The van der Waals surface area contributed by atoms with Crippen LogP contribution in [-0.4, -0.2) is 25.1 Å². The van der Waals surface area contributed by atoms with Crippen LogP contribution in [0.1, 0.15) is 12.0 Å². The third-order valence-electron chi connectivity index (χ3n) is 3.70. The van der Waals surface area contributed by atoms with Crippen LogP contribution in [0.4, 0.5) is 5.69 Å². The van der Waals surface area contributed by atoms with Gasteiger partial charge in [-0.1, -0.05) is 6.07 Å². The number of fused-ring (bicyclic) bond motifs is 1. The molecular weight excluding hydrogens is 308 g/mol. The minimum atomic E-state index is -0.0624. The van der Waals surface area contributed by atoms with Crippen molar-refractivity contribution in [2.45, 2.75) is 12.8 Å². The second-order valence-corrected chi connectivity index (χ2v) is 5.27. The molecule has 1 N–H and O–H groups in total. The molecule has 0 unspecified atom stereocenters. The summed E-state index contributed by atoms with van der Waals surface area (Å²) in [5, 5.41) is 2.87. The van der Waals surface area contributed by atoms with E-state index in [9.17, 15) is 4.79 Å². The molecule has 0 fully saturated rings. The number of nitrogens with one attached hydrogen (secondary N) is 1. The second-order valence-electron chi connectivity index (χ2n) is 5.27. The monoisotopic (exact) mass is 326 g/mol. The van der Waals surface area contributed by atoms with Crippen LogP contribution < -0.4 is 14.8 Å². The molecule has 1 heterocycles. The summed E-state index contributed by atoms with van der Waals surface area (Å²) < 4.78 is 15.7. The number of benzene rings is 2. The number of hydrogen-bond acceptors (Lipinski definition) is 5. The maximum absolute atomic E-state index is 12.1. The number of amides is 1. The Labute approximate surface area is 139 Å². The number of rotatable bonds is 6. The van der Waals surface area contributed by atoms with E-state index < -0.39 is 0 Å². The number of hydrogen-bond donors (Lipinski definition) is 1. The van der Waals surface area contributed by atoms with Gasteiger partial charge in [0, 0.05) is 12.1 Å². The molecule has 6 nitrogen and oxygen atoms in total. The molecule has 2 aromatic carbocycles. The standard InChI is InChI=1S/C18H18N2O4/c1-22-16-6-3-12(9-17(16)23-2)4-8-18(21)20-13-5-7-15-14(10-13)19-11-24-15/h3,5-7,9-11H,4,8H2,1-2H3,(H,20,21). The fraction of sp³-hybridized carbons (Fsp3) is 0.222. The summed E-state index contributed by atoms with van der Waals surface area (Å²) in [5.74, 6) is 1.27. The van der Waals surface area contributed by atoms with E-state index in [0.717, 1.165) is 5.56 Å². The van der Waals surface area contributed by atoms with Crippen molar-refractivity contribution in [3.8, 4) is 11.5 Å². The molecule has 6 heteroatoms. The van der Waals surface area contributed by atoms with E-state index in [2.05, 4.69) is 10.3 Å². The maximum atomic E-state index is 12.1. The molecule has 24 heavy (non-hydrogen) atoms. The average molecular weight is 326 g/mol. The normalized spacial score (nSPS) is 10.6. The highest BCUT2D eigenvalue weighted by atomic mass is 16.5. The molecule has 3 rings (SSSR count). The molecular formula is C18H18N2O4. The molecule has 0 bridgehead atoms. The number of ether oxygens (including phenoxy) is 2. The van der Waals surface area contributed by atoms with Crippen molar-refractivity contribution in [1.82, 2.24) is 4.98 Å². The molecule has 1 amide bonds. The van der Waals surface area contributed by atoms with Crippen molar-refractivity contribution in [3.05, 3.63) is 48.4 Å². The molecule has 0 radical (unpaired) electrons. The van der Waals surface area contributed by atoms with Gasteiger partial charge in [0.05, 0.1) is 14.2 Å². The summed E-state index contributed by atoms with van der Waals surface area (Å²) in [5.41, 5.74) is 3.12. The van der Waals surface area contributed by atoms with E-state index in [4.69, 9.17) is 13.9 Å². The highest BCUT2D eigenvalue weighted by Gasteiger charge is 2.08. The Morgan fingerprint density at radius 2 is 1.96 bits per heavy atom. The lowest BCUT2D eigenvalue weighted by Crippen LogP contribution is -2.12. The maximum Gasteiger partial charge on any atom is 0.224 e. The average Bonchev–Trinajstić information content (AvgIpc) is 3.07. The Hall–Kier alpha value is -3.02. The zero-order valence-electron chi connectivity index (χ0n) is 13.5. The number of anilines is 1. The summed E-state index contributed by atoms with van der Waals surface area (Å²) in [6, 6.07) is 11.0. The number of aromatic nitrogens is 1. The van der Waals surface area contributed by atoms with E-state index >= 15 is 0 Å². The first-order valence-electron chi connectivity index (χ1n) is 7.53. The summed E-state index contributed by atoms with van der Waals surface area (Å²) in [4.78, 5) is 16.2. The Balaban J connectivity index is 1.60. The minimum absolute atomic E-state index is 0.0624. The molecule has 0 aliphatic heterocycles. The predicted molar refractivity (Wildman–Crippen MR) is 90.5 cm³/mol. The predicted octanol–water partition coefficient (Wildman–Crippen LogP) is 3.42. The third-order valence-corrected chi connectivity index (χ3v) is 3.70. The molecule has 0 aliphatic carbocycles. The van der Waals surface area contributed by atoms with Crippen LogP contribution in [0.25, 0.3) is 11.1 Å². The summed E-state index contributed by atoms with van der Waals surface area (Å²) in [6.07, 6.45) is 2.36. The van der Waals surface area contributed by atoms with Crippen LogP contribution in [0.15, 0.2) is 47.2 Å². The molecule has 0 atom stereocenters. The van der Waals surface area contributed by atoms with Crippen LogP contribution in [0.3, 0.4) is 0 Å². The van der Waals surface area contributed by atoms with Gasteiger partial charge >= 0.3 is 0 Å². The van der Waals surface area contributed by atoms with Gasteiger partial charge in [0.15, 0.2) is 23.5 Å². The van der Waals surface area contributed by atoms with Gasteiger partial charge in [0.1, 0.15) is 5.52 Å². The Morgan fingerprint density at radius 1 is 1.12 bits per heavy atom. The number of carbonyl (C=O) groups excluding carboxylic acids is 1. The van der Waals surface area contributed by atoms with Gasteiger partial charge in [-0.2, -0.15) is 0 Å². The Kier molecular flexibility index (Phi) is 4.65.